The minimum absolute atomic E-state index is 0.0174. The molecular formula is C12H20N2O. The van der Waals surface area contributed by atoms with Crippen LogP contribution in [-0.4, -0.2) is 21.5 Å². The summed E-state index contributed by atoms with van der Waals surface area (Å²) in [6.07, 6.45) is 7.43. The SMILES string of the molecule is CC(C)(C)n1cc(C2(CO)CCC2)cn1. The summed E-state index contributed by atoms with van der Waals surface area (Å²) in [5, 5.41) is 13.9. The zero-order valence-corrected chi connectivity index (χ0v) is 9.82. The molecule has 1 fully saturated rings. The molecule has 1 aromatic heterocycles. The van der Waals surface area contributed by atoms with Crippen molar-refractivity contribution in [1.29, 1.82) is 0 Å². The van der Waals surface area contributed by atoms with Crippen molar-refractivity contribution >= 4 is 0 Å². The molecule has 3 nitrogen and oxygen atoms in total. The first-order valence-electron chi connectivity index (χ1n) is 5.64. The van der Waals surface area contributed by atoms with Gasteiger partial charge in [-0.15, -0.1) is 0 Å². The standard InChI is InChI=1S/C12H20N2O/c1-11(2,3)14-8-10(7-13-14)12(9-15)5-4-6-12/h7-8,15H,4-6,9H2,1-3H3. The molecule has 15 heavy (non-hydrogen) atoms. The van der Waals surface area contributed by atoms with E-state index >= 15 is 0 Å². The topological polar surface area (TPSA) is 38.0 Å². The first kappa shape index (κ1) is 10.7. The van der Waals surface area contributed by atoms with E-state index in [9.17, 15) is 5.11 Å². The number of aliphatic hydroxyl groups is 1. The van der Waals surface area contributed by atoms with Crippen molar-refractivity contribution in [3.63, 3.8) is 0 Å². The van der Waals surface area contributed by atoms with Crippen molar-refractivity contribution < 1.29 is 5.11 Å². The lowest BCUT2D eigenvalue weighted by Gasteiger charge is -2.39. The van der Waals surface area contributed by atoms with Gasteiger partial charge in [0.15, 0.2) is 0 Å². The minimum atomic E-state index is 0.0174. The minimum Gasteiger partial charge on any atom is -0.395 e. The first-order chi connectivity index (χ1) is 6.98. The fourth-order valence-electron chi connectivity index (χ4n) is 2.11. The normalized spacial score (nSPS) is 20.0. The first-order valence-corrected chi connectivity index (χ1v) is 5.64. The number of hydrogen-bond acceptors (Lipinski definition) is 2. The lowest BCUT2D eigenvalue weighted by molar-refractivity contribution is 0.120. The van der Waals surface area contributed by atoms with Crippen LogP contribution in [0.2, 0.25) is 0 Å². The van der Waals surface area contributed by atoms with Crippen LogP contribution in [0.5, 0.6) is 0 Å². The van der Waals surface area contributed by atoms with E-state index in [0.717, 1.165) is 12.8 Å². The Morgan fingerprint density at radius 2 is 2.13 bits per heavy atom. The largest absolute Gasteiger partial charge is 0.395 e. The second-order valence-electron chi connectivity index (χ2n) is 5.64. The average molecular weight is 208 g/mol. The summed E-state index contributed by atoms with van der Waals surface area (Å²) in [5.74, 6) is 0. The molecule has 0 atom stereocenters. The Labute approximate surface area is 91.1 Å². The summed E-state index contributed by atoms with van der Waals surface area (Å²) in [5.41, 5.74) is 1.24. The van der Waals surface area contributed by atoms with Gasteiger partial charge in [-0.05, 0) is 39.2 Å². The summed E-state index contributed by atoms with van der Waals surface area (Å²) < 4.78 is 1.98. The number of rotatable bonds is 2. The van der Waals surface area contributed by atoms with Crippen LogP contribution in [0.4, 0.5) is 0 Å². The van der Waals surface area contributed by atoms with E-state index < -0.39 is 0 Å². The number of nitrogens with zero attached hydrogens (tertiary/aromatic N) is 2. The van der Waals surface area contributed by atoms with Crippen LogP contribution >= 0.6 is 0 Å². The third-order valence-corrected chi connectivity index (χ3v) is 3.50. The Morgan fingerprint density at radius 3 is 2.47 bits per heavy atom. The van der Waals surface area contributed by atoms with Gasteiger partial charge in [0.25, 0.3) is 0 Å². The molecule has 0 bridgehead atoms. The highest BCUT2D eigenvalue weighted by atomic mass is 16.3. The summed E-state index contributed by atoms with van der Waals surface area (Å²) >= 11 is 0. The molecule has 1 heterocycles. The van der Waals surface area contributed by atoms with Crippen LogP contribution in [-0.2, 0) is 11.0 Å². The van der Waals surface area contributed by atoms with E-state index in [0.29, 0.717) is 0 Å². The molecule has 1 N–H and O–H groups in total. The summed E-state index contributed by atoms with van der Waals surface area (Å²) in [7, 11) is 0. The fraction of sp³-hybridized carbons (Fsp3) is 0.750. The molecule has 0 unspecified atom stereocenters. The Morgan fingerprint density at radius 1 is 1.47 bits per heavy atom. The highest BCUT2D eigenvalue weighted by Gasteiger charge is 2.39. The zero-order valence-electron chi connectivity index (χ0n) is 9.82. The van der Waals surface area contributed by atoms with E-state index in [2.05, 4.69) is 32.1 Å². The highest BCUT2D eigenvalue weighted by molar-refractivity contribution is 5.23. The van der Waals surface area contributed by atoms with Crippen molar-refractivity contribution in [2.45, 2.75) is 51.0 Å². The van der Waals surface area contributed by atoms with Crippen molar-refractivity contribution in [1.82, 2.24) is 9.78 Å². The molecule has 1 aliphatic carbocycles. The summed E-state index contributed by atoms with van der Waals surface area (Å²) in [6.45, 7) is 6.66. The van der Waals surface area contributed by atoms with Crippen LogP contribution in [0.3, 0.4) is 0 Å². The van der Waals surface area contributed by atoms with Gasteiger partial charge in [-0.2, -0.15) is 5.10 Å². The average Bonchev–Trinajstić information content (AvgIpc) is 2.51. The van der Waals surface area contributed by atoms with Crippen LogP contribution < -0.4 is 0 Å². The van der Waals surface area contributed by atoms with E-state index in [-0.39, 0.29) is 17.6 Å². The number of aliphatic hydroxyl groups excluding tert-OH is 1. The molecule has 0 amide bonds. The Hall–Kier alpha value is -0.830. The van der Waals surface area contributed by atoms with Crippen LogP contribution in [0.1, 0.15) is 45.6 Å². The second-order valence-corrected chi connectivity index (χ2v) is 5.64. The lowest BCUT2D eigenvalue weighted by Crippen LogP contribution is -2.37. The molecule has 84 valence electrons. The lowest BCUT2D eigenvalue weighted by atomic mass is 9.66. The molecule has 0 saturated heterocycles. The van der Waals surface area contributed by atoms with Gasteiger partial charge in [-0.3, -0.25) is 4.68 Å². The van der Waals surface area contributed by atoms with Crippen LogP contribution in [0.15, 0.2) is 12.4 Å². The predicted octanol–water partition coefficient (Wildman–Crippen LogP) is 2.05. The molecule has 0 radical (unpaired) electrons. The maximum absolute atomic E-state index is 9.46. The third-order valence-electron chi connectivity index (χ3n) is 3.50. The Bertz CT molecular complexity index is 339. The zero-order chi connectivity index (χ0) is 11.1. The number of aromatic nitrogens is 2. The predicted molar refractivity (Wildman–Crippen MR) is 59.8 cm³/mol. The smallest absolute Gasteiger partial charge is 0.0543 e. The second kappa shape index (κ2) is 3.34. The van der Waals surface area contributed by atoms with Crippen molar-refractivity contribution in [3.8, 4) is 0 Å². The van der Waals surface area contributed by atoms with Crippen molar-refractivity contribution in [3.05, 3.63) is 18.0 Å². The van der Waals surface area contributed by atoms with E-state index in [1.165, 1.54) is 12.0 Å². The van der Waals surface area contributed by atoms with Gasteiger partial charge in [-0.25, -0.2) is 0 Å². The van der Waals surface area contributed by atoms with Gasteiger partial charge in [0.2, 0.25) is 0 Å². The van der Waals surface area contributed by atoms with Gasteiger partial charge < -0.3 is 5.11 Å². The van der Waals surface area contributed by atoms with Crippen molar-refractivity contribution in [2.24, 2.45) is 0 Å². The molecule has 0 aliphatic heterocycles. The van der Waals surface area contributed by atoms with Crippen LogP contribution in [0.25, 0.3) is 0 Å². The van der Waals surface area contributed by atoms with Gasteiger partial charge in [-0.1, -0.05) is 6.42 Å². The molecule has 0 aromatic carbocycles. The van der Waals surface area contributed by atoms with E-state index in [1.807, 2.05) is 10.9 Å². The van der Waals surface area contributed by atoms with Gasteiger partial charge in [0, 0.05) is 11.6 Å². The molecule has 3 heteroatoms. The molecular weight excluding hydrogens is 188 g/mol. The fourth-order valence-corrected chi connectivity index (χ4v) is 2.11. The molecule has 1 saturated carbocycles. The van der Waals surface area contributed by atoms with Gasteiger partial charge >= 0.3 is 0 Å². The van der Waals surface area contributed by atoms with Crippen molar-refractivity contribution in [2.75, 3.05) is 6.61 Å². The summed E-state index contributed by atoms with van der Waals surface area (Å²) in [6, 6.07) is 0. The molecule has 1 aromatic rings. The summed E-state index contributed by atoms with van der Waals surface area (Å²) in [4.78, 5) is 0. The monoisotopic (exact) mass is 208 g/mol. The molecule has 1 aliphatic rings. The Kier molecular flexibility index (Phi) is 2.38. The van der Waals surface area contributed by atoms with E-state index in [4.69, 9.17) is 0 Å². The number of hydrogen-bond donors (Lipinski definition) is 1. The molecule has 0 spiro atoms. The molecule has 2 rings (SSSR count). The van der Waals surface area contributed by atoms with Gasteiger partial charge in [0.05, 0.1) is 18.3 Å². The maximum atomic E-state index is 9.46. The maximum Gasteiger partial charge on any atom is 0.0543 e. The quantitative estimate of drug-likeness (QED) is 0.807. The highest BCUT2D eigenvalue weighted by Crippen LogP contribution is 2.43. The van der Waals surface area contributed by atoms with Crippen LogP contribution in [0, 0.1) is 0 Å². The van der Waals surface area contributed by atoms with E-state index in [1.54, 1.807) is 0 Å². The third kappa shape index (κ3) is 1.69. The van der Waals surface area contributed by atoms with Gasteiger partial charge in [0.1, 0.15) is 0 Å². The Balaban J connectivity index is 2.27.